The lowest BCUT2D eigenvalue weighted by atomic mass is 9.97. The van der Waals surface area contributed by atoms with E-state index in [0.29, 0.717) is 0 Å². The number of rotatable bonds is 0. The van der Waals surface area contributed by atoms with E-state index in [2.05, 4.69) is 431 Å². The summed E-state index contributed by atoms with van der Waals surface area (Å²) in [6.07, 6.45) is 9.33. The van der Waals surface area contributed by atoms with Crippen LogP contribution >= 0.6 is 90.7 Å². The summed E-state index contributed by atoms with van der Waals surface area (Å²) in [7, 11) is 0. The van der Waals surface area contributed by atoms with Gasteiger partial charge in [-0.25, -0.2) is 0 Å². The van der Waals surface area contributed by atoms with E-state index in [0.717, 1.165) is 0 Å². The molecule has 12 heteroatoms. The van der Waals surface area contributed by atoms with Crippen molar-refractivity contribution in [1.29, 1.82) is 0 Å². The summed E-state index contributed by atoms with van der Waals surface area (Å²) >= 11 is 15.2. The Morgan fingerprint density at radius 1 is 0.121 bits per heavy atom. The Balaban J connectivity index is 0.0000000829. The van der Waals surface area contributed by atoms with Gasteiger partial charge >= 0.3 is 0 Å². The molecule has 0 saturated heterocycles. The summed E-state index contributed by atoms with van der Waals surface area (Å²) in [4.78, 5) is 0. The van der Waals surface area contributed by atoms with E-state index >= 15 is 0 Å². The van der Waals surface area contributed by atoms with Gasteiger partial charge in [-0.1, -0.05) is 291 Å². The molecule has 0 saturated carbocycles. The first-order valence-electron chi connectivity index (χ1n) is 47.4. The predicted octanol–water partition coefficient (Wildman–Crippen LogP) is 40.5. The molecule has 0 aliphatic heterocycles. The van der Waals surface area contributed by atoms with E-state index in [1.165, 1.54) is 313 Å². The molecule has 0 spiro atoms. The summed E-state index contributed by atoms with van der Waals surface area (Å²) in [5.74, 6) is 0. The molecular weight excluding hydrogens is 1850 g/mol. The average Bonchev–Trinajstić information content (AvgIpc) is 1.53. The van der Waals surface area contributed by atoms with Gasteiger partial charge < -0.3 is 17.6 Å². The van der Waals surface area contributed by atoms with Crippen LogP contribution in [0, 0.1) is 0 Å². The van der Waals surface area contributed by atoms with Crippen molar-refractivity contribution in [2.45, 2.75) is 0 Å². The van der Waals surface area contributed by atoms with Crippen LogP contribution in [0.1, 0.15) is 0 Å². The van der Waals surface area contributed by atoms with Crippen LogP contribution in [0.15, 0.2) is 413 Å². The molecule has 140 heavy (non-hydrogen) atoms. The average molecular weight is 1920 g/mol. The lowest BCUT2D eigenvalue weighted by Crippen LogP contribution is -1.91. The molecule has 20 aromatic carbocycles. The molecule has 16 heterocycles. The molecule has 648 valence electrons. The first kappa shape index (κ1) is 77.4. The van der Waals surface area contributed by atoms with Crippen LogP contribution in [-0.2, 0) is 0 Å². The highest BCUT2D eigenvalue weighted by atomic mass is 32.1. The third-order valence-electron chi connectivity index (χ3n) is 30.2. The van der Waals surface area contributed by atoms with Gasteiger partial charge in [-0.15, -0.1) is 90.7 Å². The number of thiophene rings is 8. The highest BCUT2D eigenvalue weighted by Gasteiger charge is 2.27. The number of hydrogen-bond donors (Lipinski definition) is 0. The van der Waals surface area contributed by atoms with Gasteiger partial charge in [0.05, 0.1) is 44.1 Å². The van der Waals surface area contributed by atoms with Crippen LogP contribution in [0.3, 0.4) is 0 Å². The highest BCUT2D eigenvalue weighted by Crippen LogP contribution is 2.55. The van der Waals surface area contributed by atoms with Crippen LogP contribution < -0.4 is 0 Å². The smallest absolute Gasteiger partial charge is 0.0628 e. The second kappa shape index (κ2) is 29.0. The topological polar surface area (TPSA) is 17.6 Å². The van der Waals surface area contributed by atoms with E-state index in [9.17, 15) is 0 Å². The van der Waals surface area contributed by atoms with E-state index in [1.807, 2.05) is 90.7 Å². The number of hydrogen-bond acceptors (Lipinski definition) is 8. The normalized spacial score (nSPS) is 12.6. The van der Waals surface area contributed by atoms with E-state index < -0.39 is 0 Å². The molecule has 0 fully saturated rings. The van der Waals surface area contributed by atoms with Gasteiger partial charge in [0, 0.05) is 294 Å². The predicted molar refractivity (Wildman–Crippen MR) is 623 cm³/mol. The Labute approximate surface area is 826 Å². The highest BCUT2D eigenvalue weighted by molar-refractivity contribution is 7.29. The zero-order valence-electron chi connectivity index (χ0n) is 74.3. The zero-order chi connectivity index (χ0) is 90.7. The molecule has 0 amide bonds. The number of fused-ring (bicyclic) bond motifs is 62. The maximum Gasteiger partial charge on any atom is 0.0628 e. The van der Waals surface area contributed by atoms with E-state index in [1.54, 1.807) is 0 Å². The fourth-order valence-corrected chi connectivity index (χ4v) is 33.6. The summed E-state index contributed by atoms with van der Waals surface area (Å²) in [6, 6.07) is 144. The molecule has 4 nitrogen and oxygen atoms in total. The molecule has 0 aliphatic carbocycles. The second-order valence-electron chi connectivity index (χ2n) is 37.4. The van der Waals surface area contributed by atoms with Gasteiger partial charge in [0.2, 0.25) is 0 Å². The molecule has 16 aromatic heterocycles. The Bertz CT molecular complexity index is 12000. The number of pyridine rings is 4. The largest absolute Gasteiger partial charge is 0.315 e. The summed E-state index contributed by atoms with van der Waals surface area (Å²) in [5, 5.41) is 48.3. The number of benzene rings is 20. The molecule has 0 atom stereocenters. The lowest BCUT2D eigenvalue weighted by molar-refractivity contribution is 1.30. The summed E-state index contributed by atoms with van der Waals surface area (Å²) in [5.41, 5.74) is 10.4. The molecule has 0 bridgehead atoms. The first-order chi connectivity index (χ1) is 69.4. The van der Waals surface area contributed by atoms with Crippen molar-refractivity contribution in [2.75, 3.05) is 0 Å². The molecule has 0 unspecified atom stereocenters. The Morgan fingerprint density at radius 3 is 0.721 bits per heavy atom. The molecule has 0 aliphatic rings. The maximum atomic E-state index is 2.48. The Morgan fingerprint density at radius 2 is 0.350 bits per heavy atom. The quantitative estimate of drug-likeness (QED) is 0.135. The Kier molecular flexibility index (Phi) is 16.0. The standard InChI is InChI=1S/4C32H17NS2/c1-2-8-19-18(7-1)17-33-26-15-24-21-10-4-5-11-27(21)34-29(24)16-25(26)30-23(31(19)33)14-13-22-20-9-3-6-12-28(20)35-32(22)30;1-2-8-19-18(7-1)17-33-31(19)22-13-15-26-29(20-9-3-5-11-24(20)34-26)28(22)23-14-16-27-30(32(23)33)21-10-4-6-12-25(21)35-27;1-2-8-19-18(7-1)17-33-25-15-23-20-9-3-5-11-26(20)35-29(23)16-24(25)30-22(32(19)33)13-14-28-31(30)21-10-4-6-12-27(21)34-28;1-2-8-19-18(7-1)17-33-30(19)23-14-13-21-20-9-3-5-11-25(20)35-32(21)28(23)24-15-16-27-29(31(24)33)22-10-4-6-12-26(22)34-27/h4*1-17H. The monoisotopic (exact) mass is 1920 g/mol. The molecule has 36 aromatic rings. The molecular formula is C128H68N4S8. The van der Waals surface area contributed by atoms with Gasteiger partial charge in [-0.05, 0) is 97.1 Å². The van der Waals surface area contributed by atoms with Crippen LogP contribution in [0.4, 0.5) is 0 Å². The lowest BCUT2D eigenvalue weighted by Gasteiger charge is -2.13. The van der Waals surface area contributed by atoms with Crippen molar-refractivity contribution < 1.29 is 0 Å². The molecule has 0 radical (unpaired) electrons. The van der Waals surface area contributed by atoms with Crippen molar-refractivity contribution in [3.05, 3.63) is 413 Å². The van der Waals surface area contributed by atoms with Gasteiger partial charge in [-0.2, -0.15) is 0 Å². The molecule has 36 rings (SSSR count). The molecule has 0 N–H and O–H groups in total. The van der Waals surface area contributed by atoms with Crippen molar-refractivity contribution in [3.63, 3.8) is 0 Å². The van der Waals surface area contributed by atoms with Crippen LogP contribution in [0.25, 0.3) is 313 Å². The number of nitrogens with zero attached hydrogens (tertiary/aromatic N) is 4. The summed E-state index contributed by atoms with van der Waals surface area (Å²) < 4.78 is 31.5. The van der Waals surface area contributed by atoms with Crippen molar-refractivity contribution in [1.82, 2.24) is 17.6 Å². The van der Waals surface area contributed by atoms with E-state index in [-0.39, 0.29) is 0 Å². The first-order valence-corrected chi connectivity index (χ1v) is 54.0. The van der Waals surface area contributed by atoms with Crippen LogP contribution in [0.2, 0.25) is 0 Å². The van der Waals surface area contributed by atoms with Crippen molar-refractivity contribution in [3.8, 4) is 0 Å². The minimum absolute atomic E-state index is 1.28. The van der Waals surface area contributed by atoms with Gasteiger partial charge in [-0.3, -0.25) is 0 Å². The fourth-order valence-electron chi connectivity index (χ4n) is 24.4. The fraction of sp³-hybridized carbons (Fsp3) is 0. The Hall–Kier alpha value is -15.7. The van der Waals surface area contributed by atoms with Crippen molar-refractivity contribution >= 4 is 404 Å². The second-order valence-corrected chi connectivity index (χ2v) is 46.0. The SMILES string of the molecule is c1ccc2c(c1)cn1c2c2ccc3c4ccccc4sc3c2c2ccc3sc4ccccc4c3c21.c1ccc2c(c1)cn1c2c2ccc3sc4ccccc4c3c2c2ccc3sc4ccccc4c3c21.c1ccc2c(c1)cn1c3cc4c(cc3c3c(ccc5c6ccccc6sc53)c21)sc1ccccc14.c1ccc2c(c1)cn1c3cc4c(cc3c3c(ccc5sc6ccccc6c53)c21)sc1ccccc14. The zero-order valence-corrected chi connectivity index (χ0v) is 80.8. The minimum atomic E-state index is 1.28. The third-order valence-corrected chi connectivity index (χ3v) is 39.4. The van der Waals surface area contributed by atoms with Gasteiger partial charge in [0.15, 0.2) is 0 Å². The minimum Gasteiger partial charge on any atom is -0.315 e. The van der Waals surface area contributed by atoms with Gasteiger partial charge in [0.25, 0.3) is 0 Å². The van der Waals surface area contributed by atoms with Crippen molar-refractivity contribution in [2.24, 2.45) is 0 Å². The number of aromatic nitrogens is 4. The summed E-state index contributed by atoms with van der Waals surface area (Å²) in [6.45, 7) is 0. The van der Waals surface area contributed by atoms with E-state index in [4.69, 9.17) is 0 Å². The third kappa shape index (κ3) is 10.7. The van der Waals surface area contributed by atoms with Crippen LogP contribution in [0.5, 0.6) is 0 Å². The van der Waals surface area contributed by atoms with Crippen LogP contribution in [-0.4, -0.2) is 17.6 Å². The maximum absolute atomic E-state index is 2.48. The van der Waals surface area contributed by atoms with Gasteiger partial charge in [0.1, 0.15) is 0 Å².